The number of nitrogens with one attached hydrogen (secondary N) is 1. The molecule has 0 aromatic carbocycles. The van der Waals surface area contributed by atoms with Crippen molar-refractivity contribution >= 4 is 0 Å². The van der Waals surface area contributed by atoms with Gasteiger partial charge in [-0.3, -0.25) is 4.98 Å². The molecule has 0 saturated heterocycles. The molecule has 0 bridgehead atoms. The highest BCUT2D eigenvalue weighted by atomic mass is 14.9. The van der Waals surface area contributed by atoms with Gasteiger partial charge in [-0.25, -0.2) is 0 Å². The third-order valence-corrected chi connectivity index (χ3v) is 2.26. The zero-order valence-electron chi connectivity index (χ0n) is 9.16. The summed E-state index contributed by atoms with van der Waals surface area (Å²) in [6, 6.07) is 6.55. The lowest BCUT2D eigenvalue weighted by Crippen LogP contribution is -2.22. The Labute approximate surface area is 86.8 Å². The van der Waals surface area contributed by atoms with Gasteiger partial charge in [0, 0.05) is 12.2 Å². The Morgan fingerprint density at radius 2 is 2.14 bits per heavy atom. The lowest BCUT2D eigenvalue weighted by atomic mass is 10.1. The van der Waals surface area contributed by atoms with Crippen molar-refractivity contribution in [3.63, 3.8) is 0 Å². The molecule has 1 N–H and O–H groups in total. The maximum Gasteiger partial charge on any atom is 0.0573 e. The molecule has 1 rings (SSSR count). The van der Waals surface area contributed by atoms with Gasteiger partial charge in [-0.15, -0.1) is 0 Å². The smallest absolute Gasteiger partial charge is 0.0573 e. The third-order valence-electron chi connectivity index (χ3n) is 2.26. The van der Waals surface area contributed by atoms with Crippen LogP contribution in [0.5, 0.6) is 0 Å². The highest BCUT2D eigenvalue weighted by molar-refractivity contribution is 5.08. The topological polar surface area (TPSA) is 24.9 Å². The minimum atomic E-state index is 0.432. The fraction of sp³-hybridized carbons (Fsp3) is 0.583. The lowest BCUT2D eigenvalue weighted by Gasteiger charge is -2.16. The zero-order valence-corrected chi connectivity index (χ0v) is 9.16. The van der Waals surface area contributed by atoms with Crippen LogP contribution in [0.2, 0.25) is 0 Å². The van der Waals surface area contributed by atoms with Gasteiger partial charge in [0.05, 0.1) is 5.69 Å². The molecule has 1 atom stereocenters. The second kappa shape index (κ2) is 6.55. The van der Waals surface area contributed by atoms with Crippen molar-refractivity contribution < 1.29 is 0 Å². The molecule has 2 nitrogen and oxygen atoms in total. The van der Waals surface area contributed by atoms with Crippen LogP contribution in [0, 0.1) is 0 Å². The molecule has 0 aliphatic heterocycles. The first kappa shape index (κ1) is 11.2. The molecular weight excluding hydrogens is 172 g/mol. The Bertz CT molecular complexity index is 233. The summed E-state index contributed by atoms with van der Waals surface area (Å²) in [4.78, 5) is 4.39. The number of nitrogens with zero attached hydrogens (tertiary/aromatic N) is 1. The summed E-state index contributed by atoms with van der Waals surface area (Å²) >= 11 is 0. The second-order valence-electron chi connectivity index (χ2n) is 3.55. The molecule has 1 aromatic heterocycles. The van der Waals surface area contributed by atoms with Crippen molar-refractivity contribution in [2.24, 2.45) is 0 Å². The van der Waals surface area contributed by atoms with E-state index in [1.54, 1.807) is 0 Å². The van der Waals surface area contributed by atoms with E-state index in [1.165, 1.54) is 18.5 Å². The van der Waals surface area contributed by atoms with E-state index in [-0.39, 0.29) is 0 Å². The molecular formula is C12H20N2. The summed E-state index contributed by atoms with van der Waals surface area (Å²) in [6.45, 7) is 5.47. The number of rotatable bonds is 6. The fourth-order valence-corrected chi connectivity index (χ4v) is 1.54. The second-order valence-corrected chi connectivity index (χ2v) is 3.55. The Balaban J connectivity index is 2.58. The van der Waals surface area contributed by atoms with Gasteiger partial charge in [0.1, 0.15) is 0 Å². The predicted octanol–water partition coefficient (Wildman–Crippen LogP) is 2.92. The van der Waals surface area contributed by atoms with E-state index in [2.05, 4.69) is 36.3 Å². The highest BCUT2D eigenvalue weighted by Gasteiger charge is 2.09. The molecule has 78 valence electrons. The van der Waals surface area contributed by atoms with Gasteiger partial charge in [0.25, 0.3) is 0 Å². The average molecular weight is 192 g/mol. The fourth-order valence-electron chi connectivity index (χ4n) is 1.54. The minimum Gasteiger partial charge on any atom is -0.309 e. The van der Waals surface area contributed by atoms with Crippen molar-refractivity contribution in [2.45, 2.75) is 39.2 Å². The van der Waals surface area contributed by atoms with Gasteiger partial charge in [-0.1, -0.05) is 26.3 Å². The molecule has 0 aliphatic rings. The monoisotopic (exact) mass is 192 g/mol. The standard InChI is InChI=1S/C12H20N2/c1-3-7-11(13-9-4-2)12-8-5-6-10-14-12/h5-6,8,10-11,13H,3-4,7,9H2,1-2H3. The number of aromatic nitrogens is 1. The summed E-state index contributed by atoms with van der Waals surface area (Å²) < 4.78 is 0. The summed E-state index contributed by atoms with van der Waals surface area (Å²) in [5, 5.41) is 3.52. The zero-order chi connectivity index (χ0) is 10.2. The predicted molar refractivity (Wildman–Crippen MR) is 60.2 cm³/mol. The Kier molecular flexibility index (Phi) is 5.23. The van der Waals surface area contributed by atoms with Crippen LogP contribution in [0.4, 0.5) is 0 Å². The molecule has 0 aliphatic carbocycles. The normalized spacial score (nSPS) is 12.7. The van der Waals surface area contributed by atoms with Gasteiger partial charge < -0.3 is 5.32 Å². The van der Waals surface area contributed by atoms with Crippen LogP contribution in [0.3, 0.4) is 0 Å². The Hall–Kier alpha value is -0.890. The van der Waals surface area contributed by atoms with Crippen LogP contribution in [-0.2, 0) is 0 Å². The van der Waals surface area contributed by atoms with Crippen molar-refractivity contribution in [1.82, 2.24) is 10.3 Å². The molecule has 1 heterocycles. The largest absolute Gasteiger partial charge is 0.309 e. The summed E-state index contributed by atoms with van der Waals surface area (Å²) in [7, 11) is 0. The first-order valence-corrected chi connectivity index (χ1v) is 5.52. The van der Waals surface area contributed by atoms with Crippen LogP contribution in [0.1, 0.15) is 44.8 Å². The van der Waals surface area contributed by atoms with Crippen LogP contribution >= 0.6 is 0 Å². The van der Waals surface area contributed by atoms with Crippen molar-refractivity contribution in [1.29, 1.82) is 0 Å². The molecule has 1 unspecified atom stereocenters. The van der Waals surface area contributed by atoms with E-state index < -0.39 is 0 Å². The lowest BCUT2D eigenvalue weighted by molar-refractivity contribution is 0.484. The SMILES string of the molecule is CCCNC(CCC)c1ccccn1. The molecule has 1 aromatic rings. The summed E-state index contributed by atoms with van der Waals surface area (Å²) in [5.74, 6) is 0. The van der Waals surface area contributed by atoms with E-state index in [0.717, 1.165) is 13.0 Å². The van der Waals surface area contributed by atoms with E-state index in [1.807, 2.05) is 12.3 Å². The molecule has 0 radical (unpaired) electrons. The van der Waals surface area contributed by atoms with Crippen molar-refractivity contribution in [2.75, 3.05) is 6.54 Å². The van der Waals surface area contributed by atoms with E-state index >= 15 is 0 Å². The van der Waals surface area contributed by atoms with E-state index in [0.29, 0.717) is 6.04 Å². The molecule has 14 heavy (non-hydrogen) atoms. The molecule has 0 fully saturated rings. The van der Waals surface area contributed by atoms with Gasteiger partial charge in [-0.05, 0) is 31.5 Å². The first-order chi connectivity index (χ1) is 6.88. The average Bonchev–Trinajstić information content (AvgIpc) is 2.25. The molecule has 0 spiro atoms. The summed E-state index contributed by atoms with van der Waals surface area (Å²) in [5.41, 5.74) is 1.17. The van der Waals surface area contributed by atoms with Gasteiger partial charge >= 0.3 is 0 Å². The Morgan fingerprint density at radius 1 is 1.29 bits per heavy atom. The minimum absolute atomic E-state index is 0.432. The maximum atomic E-state index is 4.39. The maximum absolute atomic E-state index is 4.39. The van der Waals surface area contributed by atoms with Crippen LogP contribution < -0.4 is 5.32 Å². The number of hydrogen-bond donors (Lipinski definition) is 1. The highest BCUT2D eigenvalue weighted by Crippen LogP contribution is 2.15. The third kappa shape index (κ3) is 3.46. The van der Waals surface area contributed by atoms with E-state index in [9.17, 15) is 0 Å². The molecule has 0 saturated carbocycles. The van der Waals surface area contributed by atoms with Crippen LogP contribution in [-0.4, -0.2) is 11.5 Å². The summed E-state index contributed by atoms with van der Waals surface area (Å²) in [6.07, 6.45) is 5.40. The molecule has 2 heteroatoms. The first-order valence-electron chi connectivity index (χ1n) is 5.52. The van der Waals surface area contributed by atoms with Crippen molar-refractivity contribution in [3.05, 3.63) is 30.1 Å². The van der Waals surface area contributed by atoms with Crippen molar-refractivity contribution in [3.8, 4) is 0 Å². The van der Waals surface area contributed by atoms with Crippen LogP contribution in [0.25, 0.3) is 0 Å². The van der Waals surface area contributed by atoms with Gasteiger partial charge in [0.2, 0.25) is 0 Å². The van der Waals surface area contributed by atoms with E-state index in [4.69, 9.17) is 0 Å². The number of hydrogen-bond acceptors (Lipinski definition) is 2. The Morgan fingerprint density at radius 3 is 2.71 bits per heavy atom. The number of pyridine rings is 1. The molecule has 0 amide bonds. The van der Waals surface area contributed by atoms with Gasteiger partial charge in [-0.2, -0.15) is 0 Å². The van der Waals surface area contributed by atoms with Gasteiger partial charge in [0.15, 0.2) is 0 Å². The quantitative estimate of drug-likeness (QED) is 0.749. The van der Waals surface area contributed by atoms with Crippen LogP contribution in [0.15, 0.2) is 24.4 Å².